The van der Waals surface area contributed by atoms with Gasteiger partial charge in [0.25, 0.3) is 0 Å². The minimum Gasteiger partial charge on any atom is -0.303 e. The Morgan fingerprint density at radius 2 is 1.80 bits per heavy atom. The van der Waals surface area contributed by atoms with Crippen molar-refractivity contribution in [2.24, 2.45) is 11.8 Å². The quantitative estimate of drug-likeness (QED) is 0.422. The number of hydrogen-bond donors (Lipinski definition) is 0. The molecule has 1 saturated carbocycles. The van der Waals surface area contributed by atoms with Gasteiger partial charge in [0.15, 0.2) is 0 Å². The van der Waals surface area contributed by atoms with Gasteiger partial charge in [-0.25, -0.2) is 0 Å². The normalized spacial score (nSPS) is 33.2. The third kappa shape index (κ3) is 1.47. The molecular formula is C9H14O. The van der Waals surface area contributed by atoms with E-state index >= 15 is 0 Å². The van der Waals surface area contributed by atoms with Crippen LogP contribution in [0.3, 0.4) is 0 Å². The summed E-state index contributed by atoms with van der Waals surface area (Å²) in [6.45, 7) is 3.72. The number of carbonyl (C=O) groups excluding carboxylic acids is 1. The second-order valence-electron chi connectivity index (χ2n) is 2.98. The van der Waals surface area contributed by atoms with Crippen molar-refractivity contribution in [2.75, 3.05) is 0 Å². The Kier molecular flexibility index (Phi) is 2.67. The minimum absolute atomic E-state index is 0.270. The lowest BCUT2D eigenvalue weighted by molar-refractivity contribution is -0.112. The van der Waals surface area contributed by atoms with Crippen LogP contribution in [0.4, 0.5) is 0 Å². The highest BCUT2D eigenvalue weighted by molar-refractivity contribution is 5.54. The van der Waals surface area contributed by atoms with Crippen LogP contribution in [-0.2, 0) is 4.79 Å². The van der Waals surface area contributed by atoms with Crippen LogP contribution in [0.15, 0.2) is 12.7 Å². The standard InChI is InChI=1S/C9H14O/c1-2-8-5-3-4-6-9(8)7-10/h2,7-9H,1,3-6H2. The van der Waals surface area contributed by atoms with Gasteiger partial charge in [-0.2, -0.15) is 0 Å². The molecule has 0 aromatic carbocycles. The van der Waals surface area contributed by atoms with E-state index in [9.17, 15) is 4.79 Å². The van der Waals surface area contributed by atoms with Crippen LogP contribution < -0.4 is 0 Å². The zero-order chi connectivity index (χ0) is 7.40. The van der Waals surface area contributed by atoms with Gasteiger partial charge in [0.05, 0.1) is 0 Å². The molecule has 56 valence electrons. The van der Waals surface area contributed by atoms with E-state index in [1.54, 1.807) is 0 Å². The van der Waals surface area contributed by atoms with Crippen LogP contribution in [0.25, 0.3) is 0 Å². The molecule has 0 N–H and O–H groups in total. The Morgan fingerprint density at radius 3 is 2.20 bits per heavy atom. The van der Waals surface area contributed by atoms with Gasteiger partial charge in [-0.1, -0.05) is 18.9 Å². The summed E-state index contributed by atoms with van der Waals surface area (Å²) in [7, 11) is 0. The van der Waals surface area contributed by atoms with E-state index in [2.05, 4.69) is 6.58 Å². The summed E-state index contributed by atoms with van der Waals surface area (Å²) >= 11 is 0. The number of carbonyl (C=O) groups is 1. The van der Waals surface area contributed by atoms with Crippen molar-refractivity contribution in [1.82, 2.24) is 0 Å². The minimum atomic E-state index is 0.270. The summed E-state index contributed by atoms with van der Waals surface area (Å²) in [6.07, 6.45) is 7.73. The fraction of sp³-hybridized carbons (Fsp3) is 0.667. The molecule has 1 heteroatoms. The third-order valence-corrected chi connectivity index (χ3v) is 2.35. The van der Waals surface area contributed by atoms with Gasteiger partial charge in [-0.05, 0) is 18.8 Å². The Labute approximate surface area is 62.1 Å². The van der Waals surface area contributed by atoms with Crippen LogP contribution in [0.1, 0.15) is 25.7 Å². The van der Waals surface area contributed by atoms with E-state index in [1.807, 2.05) is 6.08 Å². The number of allylic oxidation sites excluding steroid dienone is 1. The first-order valence-corrected chi connectivity index (χ1v) is 3.96. The molecule has 1 aliphatic rings. The van der Waals surface area contributed by atoms with Crippen LogP contribution in [0, 0.1) is 11.8 Å². The van der Waals surface area contributed by atoms with E-state index in [0.29, 0.717) is 5.92 Å². The van der Waals surface area contributed by atoms with E-state index in [4.69, 9.17) is 0 Å². The number of rotatable bonds is 2. The lowest BCUT2D eigenvalue weighted by atomic mass is 9.80. The molecule has 2 unspecified atom stereocenters. The highest BCUT2D eigenvalue weighted by atomic mass is 16.1. The molecule has 2 atom stereocenters. The molecule has 1 nitrogen and oxygen atoms in total. The fourth-order valence-electron chi connectivity index (χ4n) is 1.65. The van der Waals surface area contributed by atoms with Crippen molar-refractivity contribution >= 4 is 6.29 Å². The van der Waals surface area contributed by atoms with Gasteiger partial charge in [0.2, 0.25) is 0 Å². The predicted octanol–water partition coefficient (Wildman–Crippen LogP) is 2.18. The van der Waals surface area contributed by atoms with Crippen molar-refractivity contribution in [3.8, 4) is 0 Å². The first-order chi connectivity index (χ1) is 4.88. The highest BCUT2D eigenvalue weighted by Gasteiger charge is 2.21. The largest absolute Gasteiger partial charge is 0.303 e. The molecule has 0 saturated heterocycles. The van der Waals surface area contributed by atoms with Crippen LogP contribution in [-0.4, -0.2) is 6.29 Å². The monoisotopic (exact) mass is 138 g/mol. The third-order valence-electron chi connectivity index (χ3n) is 2.35. The molecule has 0 heterocycles. The van der Waals surface area contributed by atoms with Crippen molar-refractivity contribution in [3.63, 3.8) is 0 Å². The summed E-state index contributed by atoms with van der Waals surface area (Å²) in [4.78, 5) is 10.5. The van der Waals surface area contributed by atoms with E-state index in [-0.39, 0.29) is 5.92 Å². The van der Waals surface area contributed by atoms with Gasteiger partial charge in [0.1, 0.15) is 6.29 Å². The van der Waals surface area contributed by atoms with Gasteiger partial charge < -0.3 is 4.79 Å². The van der Waals surface area contributed by atoms with Crippen molar-refractivity contribution in [3.05, 3.63) is 12.7 Å². The van der Waals surface area contributed by atoms with Gasteiger partial charge >= 0.3 is 0 Å². The van der Waals surface area contributed by atoms with Crippen LogP contribution in [0.5, 0.6) is 0 Å². The van der Waals surface area contributed by atoms with Crippen LogP contribution >= 0.6 is 0 Å². The second-order valence-corrected chi connectivity index (χ2v) is 2.98. The number of aldehydes is 1. The molecule has 1 rings (SSSR count). The number of hydrogen-bond acceptors (Lipinski definition) is 1. The van der Waals surface area contributed by atoms with Crippen LogP contribution in [0.2, 0.25) is 0 Å². The van der Waals surface area contributed by atoms with E-state index in [1.165, 1.54) is 12.8 Å². The van der Waals surface area contributed by atoms with Gasteiger partial charge in [0, 0.05) is 5.92 Å². The average molecular weight is 138 g/mol. The van der Waals surface area contributed by atoms with Gasteiger partial charge in [-0.3, -0.25) is 0 Å². The molecule has 1 fully saturated rings. The Balaban J connectivity index is 2.49. The fourth-order valence-corrected chi connectivity index (χ4v) is 1.65. The molecule has 0 spiro atoms. The Morgan fingerprint density at radius 1 is 1.20 bits per heavy atom. The summed E-state index contributed by atoms with van der Waals surface area (Å²) < 4.78 is 0. The molecule has 1 aliphatic carbocycles. The van der Waals surface area contributed by atoms with Gasteiger partial charge in [-0.15, -0.1) is 6.58 Å². The second kappa shape index (κ2) is 3.55. The lowest BCUT2D eigenvalue weighted by Gasteiger charge is -2.24. The topological polar surface area (TPSA) is 17.1 Å². The lowest BCUT2D eigenvalue weighted by Crippen LogP contribution is -2.18. The van der Waals surface area contributed by atoms with E-state index < -0.39 is 0 Å². The van der Waals surface area contributed by atoms with Crippen molar-refractivity contribution < 1.29 is 4.79 Å². The first-order valence-electron chi connectivity index (χ1n) is 3.96. The predicted molar refractivity (Wildman–Crippen MR) is 41.7 cm³/mol. The maximum atomic E-state index is 10.5. The molecule has 0 radical (unpaired) electrons. The highest BCUT2D eigenvalue weighted by Crippen LogP contribution is 2.28. The zero-order valence-corrected chi connectivity index (χ0v) is 6.25. The van der Waals surface area contributed by atoms with Crippen molar-refractivity contribution in [2.45, 2.75) is 25.7 Å². The Bertz CT molecular complexity index is 113. The molecule has 0 bridgehead atoms. The SMILES string of the molecule is C=CC1CCCCC1C=O. The summed E-state index contributed by atoms with van der Waals surface area (Å²) in [6, 6.07) is 0. The first kappa shape index (κ1) is 7.52. The van der Waals surface area contributed by atoms with Crippen molar-refractivity contribution in [1.29, 1.82) is 0 Å². The molecule has 0 aromatic heterocycles. The molecule has 0 aromatic rings. The zero-order valence-electron chi connectivity index (χ0n) is 6.25. The van der Waals surface area contributed by atoms with E-state index in [0.717, 1.165) is 19.1 Å². The maximum absolute atomic E-state index is 10.5. The smallest absolute Gasteiger partial charge is 0.123 e. The Hall–Kier alpha value is -0.590. The summed E-state index contributed by atoms with van der Waals surface area (Å²) in [5.74, 6) is 0.734. The maximum Gasteiger partial charge on any atom is 0.123 e. The summed E-state index contributed by atoms with van der Waals surface area (Å²) in [5.41, 5.74) is 0. The molecule has 10 heavy (non-hydrogen) atoms. The molecule has 0 aliphatic heterocycles. The average Bonchev–Trinajstić information content (AvgIpc) is 2.04. The molecular weight excluding hydrogens is 124 g/mol. The molecule has 0 amide bonds. The summed E-state index contributed by atoms with van der Waals surface area (Å²) in [5, 5.41) is 0.